The monoisotopic (exact) mass is 414 g/mol. The third kappa shape index (κ3) is 5.77. The van der Waals surface area contributed by atoms with E-state index in [1.807, 2.05) is 0 Å². The lowest BCUT2D eigenvalue weighted by atomic mass is 9.73. The maximum Gasteiger partial charge on any atom is 0.119 e. The Labute approximate surface area is 183 Å². The van der Waals surface area contributed by atoms with Crippen molar-refractivity contribution >= 4 is 0 Å². The first-order chi connectivity index (χ1) is 14.8. The van der Waals surface area contributed by atoms with Gasteiger partial charge in [-0.15, -0.1) is 0 Å². The zero-order chi connectivity index (χ0) is 20.7. The maximum absolute atomic E-state index is 6.06. The van der Waals surface area contributed by atoms with Gasteiger partial charge in [-0.3, -0.25) is 0 Å². The minimum absolute atomic E-state index is 0.221. The van der Waals surface area contributed by atoms with Crippen molar-refractivity contribution in [2.24, 2.45) is 0 Å². The lowest BCUT2D eigenvalue weighted by Gasteiger charge is -2.43. The summed E-state index contributed by atoms with van der Waals surface area (Å²) in [5, 5.41) is 0. The Morgan fingerprint density at radius 1 is 1.00 bits per heavy atom. The predicted octanol–water partition coefficient (Wildman–Crippen LogP) is 4.86. The van der Waals surface area contributed by atoms with E-state index in [1.54, 1.807) is 0 Å². The van der Waals surface area contributed by atoms with Crippen LogP contribution in [0.25, 0.3) is 0 Å². The van der Waals surface area contributed by atoms with Gasteiger partial charge in [-0.2, -0.15) is 0 Å². The molecule has 2 saturated heterocycles. The number of ether oxygens (including phenoxy) is 2. The fraction of sp³-hybridized carbons (Fsp3) is 0.769. The largest absolute Gasteiger partial charge is 0.494 e. The van der Waals surface area contributed by atoms with E-state index >= 15 is 0 Å². The molecule has 4 nitrogen and oxygen atoms in total. The number of likely N-dealkylation sites (tertiary alicyclic amines) is 1. The van der Waals surface area contributed by atoms with Crippen molar-refractivity contribution in [3.63, 3.8) is 0 Å². The highest BCUT2D eigenvalue weighted by Gasteiger charge is 2.37. The van der Waals surface area contributed by atoms with Gasteiger partial charge >= 0.3 is 0 Å². The third-order valence-corrected chi connectivity index (χ3v) is 7.75. The third-order valence-electron chi connectivity index (χ3n) is 7.75. The average molecular weight is 415 g/mol. The van der Waals surface area contributed by atoms with Gasteiger partial charge in [-0.05, 0) is 82.8 Å². The fourth-order valence-electron chi connectivity index (χ4n) is 5.82. The van der Waals surface area contributed by atoms with Gasteiger partial charge < -0.3 is 19.3 Å². The Morgan fingerprint density at radius 2 is 1.70 bits per heavy atom. The summed E-state index contributed by atoms with van der Waals surface area (Å²) in [6, 6.07) is 9.81. The van der Waals surface area contributed by atoms with E-state index in [0.717, 1.165) is 57.4 Å². The van der Waals surface area contributed by atoms with Gasteiger partial charge in [-0.1, -0.05) is 31.4 Å². The lowest BCUT2D eigenvalue weighted by molar-refractivity contribution is 0.0285. The number of hydrogen-bond donors (Lipinski definition) is 0. The van der Waals surface area contributed by atoms with E-state index in [1.165, 1.54) is 70.1 Å². The summed E-state index contributed by atoms with van der Waals surface area (Å²) >= 11 is 0. The summed E-state index contributed by atoms with van der Waals surface area (Å²) < 4.78 is 11.8. The molecule has 0 amide bonds. The highest BCUT2D eigenvalue weighted by atomic mass is 16.5. The van der Waals surface area contributed by atoms with Crippen molar-refractivity contribution in [1.82, 2.24) is 9.80 Å². The Hall–Kier alpha value is -1.10. The van der Waals surface area contributed by atoms with E-state index in [2.05, 4.69) is 41.1 Å². The van der Waals surface area contributed by atoms with Gasteiger partial charge in [0, 0.05) is 37.8 Å². The number of rotatable bonds is 9. The van der Waals surface area contributed by atoms with Gasteiger partial charge in [0.1, 0.15) is 5.75 Å². The molecule has 1 aromatic carbocycles. The number of hydrogen-bond acceptors (Lipinski definition) is 4. The van der Waals surface area contributed by atoms with Crippen LogP contribution in [-0.2, 0) is 10.2 Å². The highest BCUT2D eigenvalue weighted by Crippen LogP contribution is 2.37. The second kappa shape index (κ2) is 11.0. The molecule has 0 aromatic heterocycles. The molecule has 4 heteroatoms. The molecule has 2 heterocycles. The molecule has 0 spiro atoms. The Balaban J connectivity index is 1.33. The highest BCUT2D eigenvalue weighted by molar-refractivity contribution is 5.33. The van der Waals surface area contributed by atoms with Crippen LogP contribution in [0.15, 0.2) is 24.3 Å². The van der Waals surface area contributed by atoms with Gasteiger partial charge in [0.05, 0.1) is 6.61 Å². The predicted molar refractivity (Wildman–Crippen MR) is 123 cm³/mol. The number of likely N-dealkylation sites (N-methyl/N-ethyl adjacent to an activating group) is 1. The van der Waals surface area contributed by atoms with E-state index in [-0.39, 0.29) is 5.41 Å². The van der Waals surface area contributed by atoms with E-state index in [4.69, 9.17) is 9.47 Å². The summed E-state index contributed by atoms with van der Waals surface area (Å²) in [6.07, 6.45) is 13.1. The van der Waals surface area contributed by atoms with E-state index in [0.29, 0.717) is 0 Å². The van der Waals surface area contributed by atoms with Crippen molar-refractivity contribution in [1.29, 1.82) is 0 Å². The minimum Gasteiger partial charge on any atom is -0.494 e. The van der Waals surface area contributed by atoms with Crippen LogP contribution < -0.4 is 4.74 Å². The van der Waals surface area contributed by atoms with E-state index < -0.39 is 0 Å². The Kier molecular flexibility index (Phi) is 8.08. The quantitative estimate of drug-likeness (QED) is 0.539. The van der Waals surface area contributed by atoms with Crippen molar-refractivity contribution in [3.8, 4) is 5.75 Å². The van der Waals surface area contributed by atoms with Gasteiger partial charge in [0.2, 0.25) is 0 Å². The Morgan fingerprint density at radius 3 is 2.40 bits per heavy atom. The average Bonchev–Trinajstić information content (AvgIpc) is 3.32. The molecule has 3 fully saturated rings. The standard InChI is InChI=1S/C26H42N2O2/c1-27(24-8-3-2-4-9-24)22-26(14-20-29-21-15-26)23-10-12-25(13-11-23)30-19-7-18-28-16-5-6-17-28/h10-13,24H,2-9,14-22H2,1H3. The second-order valence-corrected chi connectivity index (χ2v) is 9.87. The van der Waals surface area contributed by atoms with Crippen LogP contribution in [0.1, 0.15) is 69.8 Å². The zero-order valence-electron chi connectivity index (χ0n) is 19.1. The van der Waals surface area contributed by atoms with Gasteiger partial charge in [0.25, 0.3) is 0 Å². The molecule has 1 saturated carbocycles. The van der Waals surface area contributed by atoms with Crippen molar-refractivity contribution in [2.45, 2.75) is 75.7 Å². The molecule has 30 heavy (non-hydrogen) atoms. The smallest absolute Gasteiger partial charge is 0.119 e. The van der Waals surface area contributed by atoms with Crippen molar-refractivity contribution in [3.05, 3.63) is 29.8 Å². The molecule has 0 atom stereocenters. The molecule has 0 N–H and O–H groups in total. The first-order valence-electron chi connectivity index (χ1n) is 12.5. The molecule has 1 aliphatic carbocycles. The minimum atomic E-state index is 0.221. The van der Waals surface area contributed by atoms with Crippen LogP contribution in [-0.4, -0.2) is 68.9 Å². The number of nitrogens with zero attached hydrogens (tertiary/aromatic N) is 2. The molecule has 0 unspecified atom stereocenters. The first kappa shape index (κ1) is 22.1. The summed E-state index contributed by atoms with van der Waals surface area (Å²) in [5.74, 6) is 1.02. The normalized spacial score (nSPS) is 23.1. The Bertz CT molecular complexity index is 614. The maximum atomic E-state index is 6.06. The van der Waals surface area contributed by atoms with Crippen LogP contribution in [0.3, 0.4) is 0 Å². The topological polar surface area (TPSA) is 24.9 Å². The fourth-order valence-corrected chi connectivity index (χ4v) is 5.82. The van der Waals surface area contributed by atoms with Crippen LogP contribution in [0.2, 0.25) is 0 Å². The van der Waals surface area contributed by atoms with Crippen LogP contribution in [0.4, 0.5) is 0 Å². The number of benzene rings is 1. The summed E-state index contributed by atoms with van der Waals surface area (Å²) in [4.78, 5) is 5.22. The lowest BCUT2D eigenvalue weighted by Crippen LogP contribution is -2.47. The molecule has 0 radical (unpaired) electrons. The summed E-state index contributed by atoms with van der Waals surface area (Å²) in [7, 11) is 2.35. The molecular formula is C26H42N2O2. The van der Waals surface area contributed by atoms with Gasteiger partial charge in [-0.25, -0.2) is 0 Å². The van der Waals surface area contributed by atoms with Crippen LogP contribution in [0, 0.1) is 0 Å². The van der Waals surface area contributed by atoms with Crippen LogP contribution in [0.5, 0.6) is 5.75 Å². The zero-order valence-corrected chi connectivity index (χ0v) is 19.1. The van der Waals surface area contributed by atoms with Crippen LogP contribution >= 0.6 is 0 Å². The van der Waals surface area contributed by atoms with E-state index in [9.17, 15) is 0 Å². The SMILES string of the molecule is CN(CC1(c2ccc(OCCCN3CCCC3)cc2)CCOCC1)C1CCCCC1. The van der Waals surface area contributed by atoms with Crippen molar-refractivity contribution < 1.29 is 9.47 Å². The molecule has 168 valence electrons. The molecule has 0 bridgehead atoms. The first-order valence-corrected chi connectivity index (χ1v) is 12.5. The molecule has 3 aliphatic rings. The molecular weight excluding hydrogens is 372 g/mol. The van der Waals surface area contributed by atoms with Gasteiger partial charge in [0.15, 0.2) is 0 Å². The second-order valence-electron chi connectivity index (χ2n) is 9.87. The molecule has 1 aromatic rings. The summed E-state index contributed by atoms with van der Waals surface area (Å²) in [5.41, 5.74) is 1.69. The summed E-state index contributed by atoms with van der Waals surface area (Å²) in [6.45, 7) is 7.46. The molecule has 4 rings (SSSR count). The van der Waals surface area contributed by atoms with Crippen molar-refractivity contribution in [2.75, 3.05) is 53.0 Å². The molecule has 2 aliphatic heterocycles.